The Morgan fingerprint density at radius 2 is 1.81 bits per heavy atom. The van der Waals surface area contributed by atoms with Crippen molar-refractivity contribution in [3.8, 4) is 5.69 Å². The maximum absolute atomic E-state index is 13.4. The van der Waals surface area contributed by atoms with Gasteiger partial charge in [-0.1, -0.05) is 0 Å². The molecule has 3 heterocycles. The molecule has 0 spiro atoms. The normalized spacial score (nSPS) is 15.2. The summed E-state index contributed by atoms with van der Waals surface area (Å²) in [4.78, 5) is 48.6. The van der Waals surface area contributed by atoms with Crippen LogP contribution in [0.4, 0.5) is 4.39 Å². The topological polar surface area (TPSA) is 97.2 Å². The fourth-order valence-corrected chi connectivity index (χ4v) is 3.93. The summed E-state index contributed by atoms with van der Waals surface area (Å²) in [6.07, 6.45) is 8.08. The van der Waals surface area contributed by atoms with Crippen LogP contribution in [-0.4, -0.2) is 43.8 Å². The second kappa shape index (κ2) is 7.99. The summed E-state index contributed by atoms with van der Waals surface area (Å²) in [5, 5.41) is 2.90. The number of nitrogens with one attached hydrogen (secondary N) is 1. The Labute approximate surface area is 182 Å². The standard InChI is InChI=1S/C23H20FN5O3/c24-16-1-5-18(6-2-16)29-12-15-11-28(22(31)14-9-25-13-26-10-14)8-7-19(15)20(23(29)32)21(30)27-17-3-4-17/h1-2,5-6,9-10,12-13,17H,3-4,7-8,11H2,(H,27,30). The van der Waals surface area contributed by atoms with Crippen molar-refractivity contribution in [3.63, 3.8) is 0 Å². The van der Waals surface area contributed by atoms with Gasteiger partial charge in [0.2, 0.25) is 0 Å². The molecule has 1 aliphatic carbocycles. The molecule has 0 bridgehead atoms. The first-order valence-corrected chi connectivity index (χ1v) is 10.4. The minimum absolute atomic E-state index is 0.0915. The summed E-state index contributed by atoms with van der Waals surface area (Å²) >= 11 is 0. The largest absolute Gasteiger partial charge is 0.349 e. The summed E-state index contributed by atoms with van der Waals surface area (Å²) in [6, 6.07) is 5.58. The van der Waals surface area contributed by atoms with Gasteiger partial charge in [0.05, 0.1) is 5.56 Å². The molecule has 5 rings (SSSR count). The van der Waals surface area contributed by atoms with E-state index >= 15 is 0 Å². The number of benzene rings is 1. The first-order chi connectivity index (χ1) is 15.5. The van der Waals surface area contributed by atoms with Crippen molar-refractivity contribution >= 4 is 11.8 Å². The number of nitrogens with zero attached hydrogens (tertiary/aromatic N) is 4. The monoisotopic (exact) mass is 433 g/mol. The van der Waals surface area contributed by atoms with Gasteiger partial charge in [0.15, 0.2) is 0 Å². The van der Waals surface area contributed by atoms with Gasteiger partial charge in [0.25, 0.3) is 17.4 Å². The first kappa shape index (κ1) is 20.0. The van der Waals surface area contributed by atoms with Gasteiger partial charge in [0.1, 0.15) is 17.7 Å². The molecule has 0 saturated heterocycles. The van der Waals surface area contributed by atoms with Crippen LogP contribution in [0.1, 0.15) is 44.7 Å². The number of fused-ring (bicyclic) bond motifs is 1. The molecule has 162 valence electrons. The fourth-order valence-electron chi connectivity index (χ4n) is 3.93. The molecule has 1 fully saturated rings. The summed E-state index contributed by atoms with van der Waals surface area (Å²) in [5.41, 5.74) is 1.80. The highest BCUT2D eigenvalue weighted by Crippen LogP contribution is 2.25. The molecule has 2 aromatic heterocycles. The third kappa shape index (κ3) is 3.77. The first-order valence-electron chi connectivity index (χ1n) is 10.4. The number of hydrogen-bond donors (Lipinski definition) is 1. The molecule has 1 N–H and O–H groups in total. The number of rotatable bonds is 4. The van der Waals surface area contributed by atoms with Gasteiger partial charge >= 0.3 is 0 Å². The van der Waals surface area contributed by atoms with Gasteiger partial charge < -0.3 is 10.2 Å². The van der Waals surface area contributed by atoms with E-state index in [9.17, 15) is 18.8 Å². The van der Waals surface area contributed by atoms with Crippen molar-refractivity contribution in [3.05, 3.63) is 87.6 Å². The highest BCUT2D eigenvalue weighted by Gasteiger charge is 2.31. The summed E-state index contributed by atoms with van der Waals surface area (Å²) in [7, 11) is 0. The second-order valence-electron chi connectivity index (χ2n) is 8.01. The minimum atomic E-state index is -0.454. The molecular formula is C23H20FN5O3. The van der Waals surface area contributed by atoms with Crippen LogP contribution in [0.25, 0.3) is 5.69 Å². The molecule has 2 amide bonds. The third-order valence-electron chi connectivity index (χ3n) is 5.74. The lowest BCUT2D eigenvalue weighted by atomic mass is 9.95. The average molecular weight is 433 g/mol. The van der Waals surface area contributed by atoms with Crippen LogP contribution >= 0.6 is 0 Å². The number of carbonyl (C=O) groups excluding carboxylic acids is 2. The second-order valence-corrected chi connectivity index (χ2v) is 8.01. The summed E-state index contributed by atoms with van der Waals surface area (Å²) < 4.78 is 14.8. The highest BCUT2D eigenvalue weighted by atomic mass is 19.1. The Kier molecular flexibility index (Phi) is 5.01. The molecular weight excluding hydrogens is 413 g/mol. The van der Waals surface area contributed by atoms with Gasteiger partial charge in [-0.2, -0.15) is 0 Å². The number of aromatic nitrogens is 3. The van der Waals surface area contributed by atoms with Crippen molar-refractivity contribution in [2.24, 2.45) is 0 Å². The molecule has 8 nitrogen and oxygen atoms in total. The van der Waals surface area contributed by atoms with Crippen LogP contribution in [0.2, 0.25) is 0 Å². The lowest BCUT2D eigenvalue weighted by Gasteiger charge is -2.30. The van der Waals surface area contributed by atoms with Crippen molar-refractivity contribution in [1.82, 2.24) is 24.8 Å². The van der Waals surface area contributed by atoms with Gasteiger partial charge in [-0.3, -0.25) is 19.0 Å². The Hall–Kier alpha value is -3.88. The van der Waals surface area contributed by atoms with Crippen molar-refractivity contribution in [2.75, 3.05) is 6.54 Å². The van der Waals surface area contributed by atoms with Crippen LogP contribution in [0.15, 0.2) is 54.0 Å². The van der Waals surface area contributed by atoms with Crippen LogP contribution in [0.5, 0.6) is 0 Å². The molecule has 9 heteroatoms. The zero-order chi connectivity index (χ0) is 22.2. The van der Waals surface area contributed by atoms with E-state index in [0.717, 1.165) is 12.8 Å². The third-order valence-corrected chi connectivity index (χ3v) is 5.74. The van der Waals surface area contributed by atoms with E-state index in [4.69, 9.17) is 0 Å². The predicted octanol–water partition coefficient (Wildman–Crippen LogP) is 1.86. The Bertz CT molecular complexity index is 1250. The summed E-state index contributed by atoms with van der Waals surface area (Å²) in [6.45, 7) is 0.596. The molecule has 0 unspecified atom stereocenters. The SMILES string of the molecule is O=C(NC1CC1)c1c2c(cn(-c3ccc(F)cc3)c1=O)CN(C(=O)c1cncnc1)CC2. The predicted molar refractivity (Wildman–Crippen MR) is 113 cm³/mol. The smallest absolute Gasteiger partial charge is 0.268 e. The zero-order valence-corrected chi connectivity index (χ0v) is 17.1. The summed E-state index contributed by atoms with van der Waals surface area (Å²) in [5.74, 6) is -1.05. The van der Waals surface area contributed by atoms with Crippen molar-refractivity contribution < 1.29 is 14.0 Å². The molecule has 32 heavy (non-hydrogen) atoms. The molecule has 3 aromatic rings. The molecule has 2 aliphatic rings. The fraction of sp³-hybridized carbons (Fsp3) is 0.261. The number of carbonyl (C=O) groups is 2. The quantitative estimate of drug-likeness (QED) is 0.678. The average Bonchev–Trinajstić information content (AvgIpc) is 3.63. The van der Waals surface area contributed by atoms with Crippen molar-refractivity contribution in [2.45, 2.75) is 31.8 Å². The number of pyridine rings is 1. The van der Waals surface area contributed by atoms with E-state index < -0.39 is 17.3 Å². The molecule has 1 aromatic carbocycles. The van der Waals surface area contributed by atoms with Gasteiger partial charge in [-0.05, 0) is 54.7 Å². The van der Waals surface area contributed by atoms with E-state index in [1.54, 1.807) is 11.1 Å². The van der Waals surface area contributed by atoms with E-state index in [2.05, 4.69) is 15.3 Å². The maximum Gasteiger partial charge on any atom is 0.268 e. The molecule has 1 aliphatic heterocycles. The van der Waals surface area contributed by atoms with Crippen molar-refractivity contribution in [1.29, 1.82) is 0 Å². The van der Waals surface area contributed by atoms with Crippen LogP contribution in [0.3, 0.4) is 0 Å². The van der Waals surface area contributed by atoms with E-state index in [-0.39, 0.29) is 24.1 Å². The Balaban J connectivity index is 1.57. The van der Waals surface area contributed by atoms with E-state index in [0.29, 0.717) is 35.3 Å². The van der Waals surface area contributed by atoms with Crippen LogP contribution in [-0.2, 0) is 13.0 Å². The lowest BCUT2D eigenvalue weighted by molar-refractivity contribution is 0.0733. The molecule has 0 radical (unpaired) electrons. The van der Waals surface area contributed by atoms with E-state index in [1.807, 2.05) is 0 Å². The van der Waals surface area contributed by atoms with Crippen LogP contribution in [0, 0.1) is 5.82 Å². The number of hydrogen-bond acceptors (Lipinski definition) is 5. The Morgan fingerprint density at radius 3 is 2.50 bits per heavy atom. The molecule has 1 saturated carbocycles. The maximum atomic E-state index is 13.4. The number of amides is 2. The van der Waals surface area contributed by atoms with Crippen LogP contribution < -0.4 is 10.9 Å². The molecule has 0 atom stereocenters. The Morgan fingerprint density at radius 1 is 1.09 bits per heavy atom. The number of halogens is 1. The lowest BCUT2D eigenvalue weighted by Crippen LogP contribution is -2.41. The minimum Gasteiger partial charge on any atom is -0.349 e. The van der Waals surface area contributed by atoms with E-state index in [1.165, 1.54) is 47.6 Å². The highest BCUT2D eigenvalue weighted by molar-refractivity contribution is 5.97. The van der Waals surface area contributed by atoms with Gasteiger partial charge in [-0.25, -0.2) is 14.4 Å². The van der Waals surface area contributed by atoms with Gasteiger partial charge in [-0.15, -0.1) is 0 Å². The zero-order valence-electron chi connectivity index (χ0n) is 17.1. The van der Waals surface area contributed by atoms with Gasteiger partial charge in [0, 0.05) is 43.4 Å².